The lowest BCUT2D eigenvalue weighted by Crippen LogP contribution is -2.50. The van der Waals surface area contributed by atoms with Crippen LogP contribution in [0, 0.1) is 0 Å². The molecule has 0 unspecified atom stereocenters. The lowest BCUT2D eigenvalue weighted by molar-refractivity contribution is -0.0184. The summed E-state index contributed by atoms with van der Waals surface area (Å²) in [5.74, 6) is 0. The van der Waals surface area contributed by atoms with Gasteiger partial charge in [0.25, 0.3) is 0 Å². The number of hydrogen-bond acceptors (Lipinski definition) is 4. The fourth-order valence-electron chi connectivity index (χ4n) is 1.76. The number of hydrogen-bond donors (Lipinski definition) is 2. The molecule has 5 heteroatoms. The van der Waals surface area contributed by atoms with Crippen molar-refractivity contribution in [3.8, 4) is 0 Å². The highest BCUT2D eigenvalue weighted by molar-refractivity contribution is 5.68. The predicted molar refractivity (Wildman–Crippen MR) is 59.1 cm³/mol. The zero-order valence-electron chi connectivity index (χ0n) is 10.1. The van der Waals surface area contributed by atoms with Gasteiger partial charge in [-0.25, -0.2) is 4.79 Å². The minimum absolute atomic E-state index is 0.143. The summed E-state index contributed by atoms with van der Waals surface area (Å²) in [5, 5.41) is 18.6. The fourth-order valence-corrected chi connectivity index (χ4v) is 1.76. The van der Waals surface area contributed by atoms with Crippen LogP contribution in [-0.4, -0.2) is 52.1 Å². The van der Waals surface area contributed by atoms with Gasteiger partial charge < -0.3 is 19.8 Å². The molecule has 5 nitrogen and oxygen atoms in total. The van der Waals surface area contributed by atoms with Crippen LogP contribution in [0.2, 0.25) is 0 Å². The van der Waals surface area contributed by atoms with Crippen molar-refractivity contribution in [2.75, 3.05) is 13.2 Å². The zero-order chi connectivity index (χ0) is 12.3. The largest absolute Gasteiger partial charge is 0.444 e. The molecule has 1 aliphatic heterocycles. The van der Waals surface area contributed by atoms with Gasteiger partial charge in [-0.15, -0.1) is 0 Å². The molecular weight excluding hydrogens is 210 g/mol. The van der Waals surface area contributed by atoms with Gasteiger partial charge in [-0.05, 0) is 33.6 Å². The van der Waals surface area contributed by atoms with E-state index in [0.717, 1.165) is 0 Å². The van der Waals surface area contributed by atoms with Gasteiger partial charge in [0.2, 0.25) is 0 Å². The van der Waals surface area contributed by atoms with Crippen molar-refractivity contribution in [3.63, 3.8) is 0 Å². The average Bonchev–Trinajstić information content (AvgIpc) is 2.14. The molecule has 0 bridgehead atoms. The Morgan fingerprint density at radius 2 is 2.12 bits per heavy atom. The molecule has 2 atom stereocenters. The molecule has 0 saturated carbocycles. The van der Waals surface area contributed by atoms with Crippen molar-refractivity contribution >= 4 is 6.09 Å². The highest BCUT2D eigenvalue weighted by atomic mass is 16.6. The Labute approximate surface area is 96.0 Å². The third-order valence-electron chi connectivity index (χ3n) is 2.53. The van der Waals surface area contributed by atoms with Crippen LogP contribution >= 0.6 is 0 Å². The maximum Gasteiger partial charge on any atom is 0.410 e. The molecule has 1 saturated heterocycles. The Morgan fingerprint density at radius 3 is 2.62 bits per heavy atom. The second-order valence-electron chi connectivity index (χ2n) is 5.19. The summed E-state index contributed by atoms with van der Waals surface area (Å²) in [4.78, 5) is 13.3. The van der Waals surface area contributed by atoms with Crippen molar-refractivity contribution in [1.29, 1.82) is 0 Å². The molecule has 1 fully saturated rings. The maximum atomic E-state index is 11.8. The van der Waals surface area contributed by atoms with Gasteiger partial charge in [0.15, 0.2) is 0 Å². The molecule has 94 valence electrons. The number of carbonyl (C=O) groups excluding carboxylic acids is 1. The summed E-state index contributed by atoms with van der Waals surface area (Å²) in [7, 11) is 0. The smallest absolute Gasteiger partial charge is 0.410 e. The summed E-state index contributed by atoms with van der Waals surface area (Å²) in [5.41, 5.74) is -0.535. The van der Waals surface area contributed by atoms with Crippen molar-refractivity contribution in [2.24, 2.45) is 0 Å². The molecule has 0 aromatic heterocycles. The van der Waals surface area contributed by atoms with Gasteiger partial charge >= 0.3 is 6.09 Å². The number of ether oxygens (including phenoxy) is 1. The number of piperidine rings is 1. The number of amides is 1. The lowest BCUT2D eigenvalue weighted by atomic mass is 10.0. The van der Waals surface area contributed by atoms with E-state index in [-0.39, 0.29) is 12.6 Å². The van der Waals surface area contributed by atoms with E-state index in [4.69, 9.17) is 9.84 Å². The van der Waals surface area contributed by atoms with Gasteiger partial charge in [-0.3, -0.25) is 0 Å². The summed E-state index contributed by atoms with van der Waals surface area (Å²) >= 11 is 0. The minimum Gasteiger partial charge on any atom is -0.444 e. The summed E-state index contributed by atoms with van der Waals surface area (Å²) in [6, 6.07) is -0.335. The molecule has 0 aromatic carbocycles. The van der Waals surface area contributed by atoms with Crippen LogP contribution in [0.15, 0.2) is 0 Å². The molecule has 1 rings (SSSR count). The Balaban J connectivity index is 2.60. The highest BCUT2D eigenvalue weighted by Gasteiger charge is 2.32. The second-order valence-corrected chi connectivity index (χ2v) is 5.19. The lowest BCUT2D eigenvalue weighted by Gasteiger charge is -2.37. The molecule has 0 aromatic rings. The first-order valence-corrected chi connectivity index (χ1v) is 5.62. The first-order valence-electron chi connectivity index (χ1n) is 5.62. The molecule has 0 aliphatic carbocycles. The Kier molecular flexibility index (Phi) is 4.15. The molecule has 16 heavy (non-hydrogen) atoms. The summed E-state index contributed by atoms with van der Waals surface area (Å²) < 4.78 is 5.24. The normalized spacial score (nSPS) is 26.7. The van der Waals surface area contributed by atoms with Gasteiger partial charge in [-0.1, -0.05) is 0 Å². The molecule has 1 amide bonds. The maximum absolute atomic E-state index is 11.8. The van der Waals surface area contributed by atoms with E-state index in [2.05, 4.69) is 0 Å². The summed E-state index contributed by atoms with van der Waals surface area (Å²) in [6.45, 7) is 5.70. The van der Waals surface area contributed by atoms with E-state index in [1.54, 1.807) is 20.8 Å². The van der Waals surface area contributed by atoms with Crippen LogP contribution in [0.4, 0.5) is 4.79 Å². The molecule has 1 heterocycles. The third kappa shape index (κ3) is 3.64. The number of nitrogens with zero attached hydrogens (tertiary/aromatic N) is 1. The first-order chi connectivity index (χ1) is 7.33. The topological polar surface area (TPSA) is 70.0 Å². The second kappa shape index (κ2) is 5.01. The molecule has 1 aliphatic rings. The monoisotopic (exact) mass is 231 g/mol. The van der Waals surface area contributed by atoms with Crippen LogP contribution in [-0.2, 0) is 4.74 Å². The number of aliphatic hydroxyl groups excluding tert-OH is 2. The molecule has 0 spiro atoms. The highest BCUT2D eigenvalue weighted by Crippen LogP contribution is 2.20. The summed E-state index contributed by atoms with van der Waals surface area (Å²) in [6.07, 6.45) is 0.0974. The van der Waals surface area contributed by atoms with Gasteiger partial charge in [0.05, 0.1) is 18.8 Å². The van der Waals surface area contributed by atoms with Crippen LogP contribution in [0.3, 0.4) is 0 Å². The minimum atomic E-state index is -0.535. The molecule has 0 radical (unpaired) electrons. The number of rotatable bonds is 1. The van der Waals surface area contributed by atoms with E-state index in [9.17, 15) is 9.90 Å². The van der Waals surface area contributed by atoms with Crippen LogP contribution in [0.25, 0.3) is 0 Å². The van der Waals surface area contributed by atoms with Crippen LogP contribution in [0.1, 0.15) is 33.6 Å². The van der Waals surface area contributed by atoms with E-state index < -0.39 is 17.8 Å². The van der Waals surface area contributed by atoms with Crippen molar-refractivity contribution in [3.05, 3.63) is 0 Å². The first kappa shape index (κ1) is 13.3. The van der Waals surface area contributed by atoms with E-state index in [1.165, 1.54) is 4.90 Å². The standard InChI is InChI=1S/C11H21NO4/c1-11(2,3)16-10(15)12-5-4-9(14)6-8(12)7-13/h8-9,13-14H,4-7H2,1-3H3/t8-,9+/m1/s1. The Hall–Kier alpha value is -0.810. The van der Waals surface area contributed by atoms with Crippen molar-refractivity contribution in [2.45, 2.75) is 51.4 Å². The average molecular weight is 231 g/mol. The predicted octanol–water partition coefficient (Wildman–Crippen LogP) is 0.739. The number of aliphatic hydroxyl groups is 2. The van der Waals surface area contributed by atoms with Gasteiger partial charge in [0.1, 0.15) is 5.60 Å². The van der Waals surface area contributed by atoms with Crippen LogP contribution in [0.5, 0.6) is 0 Å². The Morgan fingerprint density at radius 1 is 1.50 bits per heavy atom. The third-order valence-corrected chi connectivity index (χ3v) is 2.53. The van der Waals surface area contributed by atoms with Crippen molar-refractivity contribution < 1.29 is 19.7 Å². The Bertz CT molecular complexity index is 249. The quantitative estimate of drug-likeness (QED) is 0.698. The van der Waals surface area contributed by atoms with Crippen molar-refractivity contribution in [1.82, 2.24) is 4.90 Å². The van der Waals surface area contributed by atoms with E-state index >= 15 is 0 Å². The fraction of sp³-hybridized carbons (Fsp3) is 0.909. The van der Waals surface area contributed by atoms with Gasteiger partial charge in [-0.2, -0.15) is 0 Å². The SMILES string of the molecule is CC(C)(C)OC(=O)N1CC[C@H](O)C[C@@H]1CO. The molecular formula is C11H21NO4. The van der Waals surface area contributed by atoms with Crippen LogP contribution < -0.4 is 0 Å². The number of carbonyl (C=O) groups is 1. The zero-order valence-corrected chi connectivity index (χ0v) is 10.1. The van der Waals surface area contributed by atoms with Gasteiger partial charge in [0, 0.05) is 6.54 Å². The van der Waals surface area contributed by atoms with E-state index in [0.29, 0.717) is 19.4 Å². The van der Waals surface area contributed by atoms with E-state index in [1.807, 2.05) is 0 Å². The molecule has 2 N–H and O–H groups in total. The number of likely N-dealkylation sites (tertiary alicyclic amines) is 1.